The molecule has 2 aromatic rings. The number of aromatic nitrogens is 1. The molecule has 0 spiro atoms. The van der Waals surface area contributed by atoms with Crippen molar-refractivity contribution < 1.29 is 4.39 Å². The van der Waals surface area contributed by atoms with Crippen LogP contribution in [0.1, 0.15) is 16.8 Å². The first-order valence-electron chi connectivity index (χ1n) is 6.31. The summed E-state index contributed by atoms with van der Waals surface area (Å²) in [5, 5.41) is 3.28. The number of rotatable bonds is 5. The van der Waals surface area contributed by atoms with Crippen LogP contribution in [0.3, 0.4) is 0 Å². The summed E-state index contributed by atoms with van der Waals surface area (Å²) < 4.78 is 13.0. The smallest absolute Gasteiger partial charge is 0.123 e. The predicted molar refractivity (Wildman–Crippen MR) is 83.5 cm³/mol. The van der Waals surface area contributed by atoms with Gasteiger partial charge in [0.05, 0.1) is 5.69 Å². The van der Waals surface area contributed by atoms with Crippen molar-refractivity contribution in [2.75, 3.05) is 11.9 Å². The maximum Gasteiger partial charge on any atom is 0.123 e. The van der Waals surface area contributed by atoms with Gasteiger partial charge in [0.2, 0.25) is 0 Å². The van der Waals surface area contributed by atoms with Crippen molar-refractivity contribution in [2.24, 2.45) is 5.73 Å². The lowest BCUT2D eigenvalue weighted by Crippen LogP contribution is -2.12. The van der Waals surface area contributed by atoms with Crippen molar-refractivity contribution in [1.82, 2.24) is 4.98 Å². The van der Waals surface area contributed by atoms with Gasteiger partial charge in [0.15, 0.2) is 0 Å². The lowest BCUT2D eigenvalue weighted by atomic mass is 10.1. The van der Waals surface area contributed by atoms with Gasteiger partial charge >= 0.3 is 0 Å². The highest BCUT2D eigenvalue weighted by molar-refractivity contribution is 7.80. The maximum atomic E-state index is 13.0. The van der Waals surface area contributed by atoms with Crippen LogP contribution in [0.4, 0.5) is 10.1 Å². The number of nitrogens with two attached hydrogens (primary N) is 1. The number of aryl methyl sites for hydroxylation is 1. The van der Waals surface area contributed by atoms with Crippen molar-refractivity contribution in [3.8, 4) is 0 Å². The minimum absolute atomic E-state index is 0.200. The lowest BCUT2D eigenvalue weighted by Gasteiger charge is -2.09. The number of halogens is 1. The Morgan fingerprint density at radius 2 is 2.15 bits per heavy atom. The summed E-state index contributed by atoms with van der Waals surface area (Å²) in [4.78, 5) is 4.36. The topological polar surface area (TPSA) is 50.9 Å². The van der Waals surface area contributed by atoms with E-state index in [2.05, 4.69) is 10.3 Å². The first-order chi connectivity index (χ1) is 9.56. The minimum Gasteiger partial charge on any atom is -0.388 e. The van der Waals surface area contributed by atoms with Gasteiger partial charge in [0.1, 0.15) is 10.8 Å². The standard InChI is InChI=1S/C15H16FN3S/c1-10-8-12(16)3-2-11(10)4-6-18-13-5-7-19-14(9-13)15(17)20/h2-3,5,7-9H,4,6H2,1H3,(H2,17,20)(H,18,19). The molecule has 0 aliphatic rings. The number of nitrogens with one attached hydrogen (secondary N) is 1. The molecule has 1 aromatic heterocycles. The molecule has 0 bridgehead atoms. The molecule has 0 fully saturated rings. The quantitative estimate of drug-likeness (QED) is 0.831. The molecule has 0 unspecified atom stereocenters. The van der Waals surface area contributed by atoms with E-state index in [1.54, 1.807) is 12.3 Å². The Morgan fingerprint density at radius 1 is 1.35 bits per heavy atom. The lowest BCUT2D eigenvalue weighted by molar-refractivity contribution is 0.625. The number of nitrogens with zero attached hydrogens (tertiary/aromatic N) is 1. The van der Waals surface area contributed by atoms with Crippen LogP contribution in [-0.4, -0.2) is 16.5 Å². The number of benzene rings is 1. The average Bonchev–Trinajstić information content (AvgIpc) is 2.41. The Kier molecular flexibility index (Phi) is 4.63. The third-order valence-electron chi connectivity index (χ3n) is 3.04. The predicted octanol–water partition coefficient (Wildman–Crippen LogP) is 2.82. The second-order valence-corrected chi connectivity index (χ2v) is 4.98. The second-order valence-electron chi connectivity index (χ2n) is 4.54. The van der Waals surface area contributed by atoms with Crippen molar-refractivity contribution in [2.45, 2.75) is 13.3 Å². The summed E-state index contributed by atoms with van der Waals surface area (Å²) >= 11 is 4.89. The van der Waals surface area contributed by atoms with Crippen molar-refractivity contribution >= 4 is 22.9 Å². The van der Waals surface area contributed by atoms with E-state index in [-0.39, 0.29) is 10.8 Å². The number of hydrogen-bond acceptors (Lipinski definition) is 3. The molecule has 3 N–H and O–H groups in total. The summed E-state index contributed by atoms with van der Waals surface area (Å²) in [5.74, 6) is -0.200. The van der Waals surface area contributed by atoms with Crippen LogP contribution in [0.25, 0.3) is 0 Å². The van der Waals surface area contributed by atoms with Crippen LogP contribution >= 0.6 is 12.2 Å². The van der Waals surface area contributed by atoms with E-state index in [1.807, 2.05) is 25.1 Å². The Labute approximate surface area is 123 Å². The van der Waals surface area contributed by atoms with Gasteiger partial charge in [-0.2, -0.15) is 0 Å². The van der Waals surface area contributed by atoms with Gasteiger partial charge in [-0.15, -0.1) is 0 Å². The Morgan fingerprint density at radius 3 is 2.85 bits per heavy atom. The summed E-state index contributed by atoms with van der Waals surface area (Å²) in [5.41, 5.74) is 9.15. The summed E-state index contributed by atoms with van der Waals surface area (Å²) in [6.07, 6.45) is 2.48. The van der Waals surface area contributed by atoms with Gasteiger partial charge in [0.25, 0.3) is 0 Å². The highest BCUT2D eigenvalue weighted by Gasteiger charge is 2.02. The molecular formula is C15H16FN3S. The number of pyridine rings is 1. The van der Waals surface area contributed by atoms with Crippen LogP contribution in [0, 0.1) is 12.7 Å². The Bertz CT molecular complexity index is 628. The molecule has 0 radical (unpaired) electrons. The summed E-state index contributed by atoms with van der Waals surface area (Å²) in [6, 6.07) is 8.53. The largest absolute Gasteiger partial charge is 0.388 e. The fraction of sp³-hybridized carbons (Fsp3) is 0.200. The van der Waals surface area contributed by atoms with Crippen LogP contribution in [0.5, 0.6) is 0 Å². The zero-order chi connectivity index (χ0) is 14.5. The van der Waals surface area contributed by atoms with Gasteiger partial charge in [-0.05, 0) is 48.7 Å². The zero-order valence-corrected chi connectivity index (χ0v) is 12.0. The third-order valence-corrected chi connectivity index (χ3v) is 3.25. The van der Waals surface area contributed by atoms with Crippen LogP contribution < -0.4 is 11.1 Å². The Balaban J connectivity index is 1.96. The van der Waals surface area contributed by atoms with E-state index < -0.39 is 0 Å². The minimum atomic E-state index is -0.200. The van der Waals surface area contributed by atoms with Gasteiger partial charge < -0.3 is 11.1 Å². The fourth-order valence-electron chi connectivity index (χ4n) is 1.96. The molecule has 0 aliphatic heterocycles. The van der Waals surface area contributed by atoms with Crippen molar-refractivity contribution in [1.29, 1.82) is 0 Å². The van der Waals surface area contributed by atoms with E-state index in [0.29, 0.717) is 5.69 Å². The third kappa shape index (κ3) is 3.74. The molecular weight excluding hydrogens is 273 g/mol. The molecule has 0 aliphatic carbocycles. The highest BCUT2D eigenvalue weighted by Crippen LogP contribution is 2.12. The molecule has 104 valence electrons. The van der Waals surface area contributed by atoms with Crippen LogP contribution in [0.15, 0.2) is 36.5 Å². The number of anilines is 1. The Hall–Kier alpha value is -2.01. The monoisotopic (exact) mass is 289 g/mol. The molecule has 20 heavy (non-hydrogen) atoms. The number of thiocarbonyl (C=S) groups is 1. The number of hydrogen-bond donors (Lipinski definition) is 2. The van der Waals surface area contributed by atoms with Crippen molar-refractivity contribution in [3.05, 3.63) is 59.2 Å². The van der Waals surface area contributed by atoms with Gasteiger partial charge in [-0.25, -0.2) is 4.39 Å². The molecule has 0 saturated heterocycles. The molecule has 1 aromatic carbocycles. The maximum absolute atomic E-state index is 13.0. The molecule has 2 rings (SSSR count). The SMILES string of the molecule is Cc1cc(F)ccc1CCNc1ccnc(C(N)=S)c1. The fourth-order valence-corrected chi connectivity index (χ4v) is 2.07. The molecule has 0 saturated carbocycles. The average molecular weight is 289 g/mol. The van der Waals surface area contributed by atoms with Crippen LogP contribution in [0.2, 0.25) is 0 Å². The van der Waals surface area contributed by atoms with E-state index in [0.717, 1.165) is 29.8 Å². The van der Waals surface area contributed by atoms with E-state index in [9.17, 15) is 4.39 Å². The second kappa shape index (κ2) is 6.43. The molecule has 1 heterocycles. The van der Waals surface area contributed by atoms with Gasteiger partial charge in [-0.3, -0.25) is 4.98 Å². The highest BCUT2D eigenvalue weighted by atomic mass is 32.1. The normalized spacial score (nSPS) is 10.3. The molecule has 3 nitrogen and oxygen atoms in total. The van der Waals surface area contributed by atoms with E-state index in [4.69, 9.17) is 18.0 Å². The van der Waals surface area contributed by atoms with Crippen LogP contribution in [-0.2, 0) is 6.42 Å². The first-order valence-corrected chi connectivity index (χ1v) is 6.72. The molecule has 0 amide bonds. The van der Waals surface area contributed by atoms with Crippen molar-refractivity contribution in [3.63, 3.8) is 0 Å². The zero-order valence-electron chi connectivity index (χ0n) is 11.2. The molecule has 5 heteroatoms. The van der Waals surface area contributed by atoms with Gasteiger partial charge in [-0.1, -0.05) is 18.3 Å². The van der Waals surface area contributed by atoms with E-state index >= 15 is 0 Å². The van der Waals surface area contributed by atoms with Gasteiger partial charge in [0, 0.05) is 18.4 Å². The van der Waals surface area contributed by atoms with E-state index in [1.165, 1.54) is 6.07 Å². The summed E-state index contributed by atoms with van der Waals surface area (Å²) in [7, 11) is 0. The summed E-state index contributed by atoms with van der Waals surface area (Å²) in [6.45, 7) is 2.66. The first kappa shape index (κ1) is 14.4. The molecule has 0 atom stereocenters.